The second-order valence-electron chi connectivity index (χ2n) is 0.858. The zero-order valence-corrected chi connectivity index (χ0v) is 4.22. The Bertz CT molecular complexity index is 52.1. The molecule has 0 amide bonds. The molecule has 0 aliphatic heterocycles. The summed E-state index contributed by atoms with van der Waals surface area (Å²) in [6, 6.07) is 0. The van der Waals surface area contributed by atoms with Crippen molar-refractivity contribution in [1.82, 2.24) is 0 Å². The predicted octanol–water partition coefficient (Wildman–Crippen LogP) is -0.210. The van der Waals surface area contributed by atoms with E-state index in [1.807, 2.05) is 0 Å². The third-order valence-electron chi connectivity index (χ3n) is 0.465. The maximum atomic E-state index is 4.48. The first-order valence-corrected chi connectivity index (χ1v) is 1.69. The smallest absolute Gasteiger partial charge is 0.336 e. The van der Waals surface area contributed by atoms with Crippen molar-refractivity contribution in [3.8, 4) is 0 Å². The highest BCUT2D eigenvalue weighted by atomic mass is 16.7. The molecule has 0 rings (SSSR count). The lowest BCUT2D eigenvalue weighted by atomic mass is 10.2. The van der Waals surface area contributed by atoms with E-state index < -0.39 is 7.32 Å². The van der Waals surface area contributed by atoms with Crippen molar-refractivity contribution < 1.29 is 13.7 Å². The van der Waals surface area contributed by atoms with Crippen LogP contribution < -0.4 is 0 Å². The van der Waals surface area contributed by atoms with E-state index in [1.165, 1.54) is 7.11 Å². The summed E-state index contributed by atoms with van der Waals surface area (Å²) in [5.74, 6) is 0. The Balaban J connectivity index is 3.16. The highest BCUT2D eigenvalue weighted by Gasteiger charge is 2.35. The number of hydrogen-bond donors (Lipinski definition) is 0. The molecule has 7 heavy (non-hydrogen) atoms. The lowest BCUT2D eigenvalue weighted by Crippen LogP contribution is -2.17. The summed E-state index contributed by atoms with van der Waals surface area (Å²) in [7, 11) is 3.73. The molecule has 0 saturated heterocycles. The van der Waals surface area contributed by atoms with Crippen LogP contribution in [-0.4, -0.2) is 21.2 Å². The van der Waals surface area contributed by atoms with E-state index in [0.29, 0.717) is 0 Å². The molecule has 0 aromatic heterocycles. The third-order valence-corrected chi connectivity index (χ3v) is 0.465. The molecule has 4 heteroatoms. The summed E-state index contributed by atoms with van der Waals surface area (Å²) >= 11 is 0. The van der Waals surface area contributed by atoms with Gasteiger partial charge in [-0.25, -0.2) is 0 Å². The number of hydrogen-bond acceptors (Lipinski definition) is 2. The Morgan fingerprint density at radius 2 is 2.29 bits per heavy atom. The molecule has 3 nitrogen and oxygen atoms in total. The Kier molecular flexibility index (Phi) is 3.64. The van der Waals surface area contributed by atoms with Gasteiger partial charge in [-0.05, 0) is 0 Å². The van der Waals surface area contributed by atoms with E-state index >= 15 is 0 Å². The molecule has 0 N–H and O–H groups in total. The van der Waals surface area contributed by atoms with Gasteiger partial charge in [0, 0.05) is 7.11 Å². The summed E-state index contributed by atoms with van der Waals surface area (Å²) < 4.78 is 13.1. The molecule has 39 valence electrons. The fraction of sp³-hybridized carbons (Fsp3) is 0.333. The quantitative estimate of drug-likeness (QED) is 0.364. The van der Waals surface area contributed by atoms with Crippen LogP contribution >= 0.6 is 0 Å². The molecular formula is C3H7BO3+. The summed E-state index contributed by atoms with van der Waals surface area (Å²) in [6.07, 6.45) is 0. The molecule has 0 aliphatic rings. The Labute approximate surface area is 43.1 Å². The van der Waals surface area contributed by atoms with E-state index in [4.69, 9.17) is 0 Å². The molecule has 0 aliphatic carbocycles. The Morgan fingerprint density at radius 1 is 1.71 bits per heavy atom. The van der Waals surface area contributed by atoms with Crippen LogP contribution in [0, 0.1) is 7.11 Å². The predicted molar refractivity (Wildman–Crippen MR) is 26.3 cm³/mol. The van der Waals surface area contributed by atoms with Gasteiger partial charge in [0.25, 0.3) is 0 Å². The van der Waals surface area contributed by atoms with Crippen LogP contribution in [0.5, 0.6) is 0 Å². The molecular weight excluding hydrogens is 94.8 g/mol. The fourth-order valence-electron chi connectivity index (χ4n) is 0.184. The van der Waals surface area contributed by atoms with E-state index in [0.717, 1.165) is 0 Å². The molecule has 0 heterocycles. The minimum absolute atomic E-state index is 0.736. The van der Waals surface area contributed by atoms with Gasteiger partial charge in [-0.2, -0.15) is 0 Å². The van der Waals surface area contributed by atoms with Crippen LogP contribution in [0.2, 0.25) is 0 Å². The van der Waals surface area contributed by atoms with Crippen molar-refractivity contribution in [2.45, 2.75) is 0 Å². The van der Waals surface area contributed by atoms with E-state index in [9.17, 15) is 0 Å². The third kappa shape index (κ3) is 2.36. The van der Waals surface area contributed by atoms with Gasteiger partial charge in [-0.1, -0.05) is 0 Å². The average Bonchev–Trinajstić information content (AvgIpc) is 1.72. The van der Waals surface area contributed by atoms with E-state index in [-0.39, 0.29) is 0 Å². The monoisotopic (exact) mass is 102 g/mol. The van der Waals surface area contributed by atoms with Crippen LogP contribution in [0.4, 0.5) is 0 Å². The first-order chi connectivity index (χ1) is 3.35. The maximum Gasteiger partial charge on any atom is 1.04 e. The van der Waals surface area contributed by atoms with Gasteiger partial charge in [-0.15, -0.1) is 0 Å². The Hall–Kier alpha value is -0.345. The number of rotatable bonds is 3. The van der Waals surface area contributed by atoms with Crippen LogP contribution in [0.3, 0.4) is 0 Å². The second kappa shape index (κ2) is 3.83. The first kappa shape index (κ1) is 6.65. The largest absolute Gasteiger partial charge is 1.04 e. The van der Waals surface area contributed by atoms with Crippen molar-refractivity contribution >= 4 is 14.1 Å². The lowest BCUT2D eigenvalue weighted by molar-refractivity contribution is -0.327. The highest BCUT2D eigenvalue weighted by molar-refractivity contribution is 6.33. The van der Waals surface area contributed by atoms with E-state index in [1.54, 1.807) is 0 Å². The van der Waals surface area contributed by atoms with Crippen molar-refractivity contribution in [1.29, 1.82) is 0 Å². The summed E-state index contributed by atoms with van der Waals surface area (Å²) in [4.78, 5) is 0. The Morgan fingerprint density at radius 3 is 2.29 bits per heavy atom. The second-order valence-corrected chi connectivity index (χ2v) is 0.858. The summed E-state index contributed by atoms with van der Waals surface area (Å²) in [5.41, 5.74) is 0. The molecule has 1 radical (unpaired) electrons. The summed E-state index contributed by atoms with van der Waals surface area (Å²) in [5, 5.41) is 0. The zero-order valence-electron chi connectivity index (χ0n) is 4.22. The van der Waals surface area contributed by atoms with Gasteiger partial charge in [0.2, 0.25) is 6.79 Å². The van der Waals surface area contributed by atoms with Crippen LogP contribution in [0.25, 0.3) is 0 Å². The topological polar surface area (TPSA) is 29.8 Å². The van der Waals surface area contributed by atoms with Gasteiger partial charge in [0.15, 0.2) is 0 Å². The zero-order chi connectivity index (χ0) is 5.70. The van der Waals surface area contributed by atoms with Gasteiger partial charge >= 0.3 is 7.32 Å². The molecule has 0 aromatic rings. The molecule has 0 fully saturated rings. The molecule has 0 spiro atoms. The van der Waals surface area contributed by atoms with Crippen LogP contribution in [-0.2, 0) is 13.7 Å². The minimum atomic E-state index is -0.736. The standard InChI is InChI=1S/C3H7BO3/c1-5-4(6-2)7-3/h1-2H2,3H3/q+1. The summed E-state index contributed by atoms with van der Waals surface area (Å²) in [6.45, 7) is 3.04. The fourth-order valence-corrected chi connectivity index (χ4v) is 0.184. The minimum Gasteiger partial charge on any atom is -0.336 e. The van der Waals surface area contributed by atoms with Gasteiger partial charge < -0.3 is 13.7 Å². The first-order valence-electron chi connectivity index (χ1n) is 1.69. The molecule has 0 saturated carbocycles. The molecule has 0 bridgehead atoms. The van der Waals surface area contributed by atoms with Crippen LogP contribution in [0.15, 0.2) is 0 Å². The van der Waals surface area contributed by atoms with E-state index in [2.05, 4.69) is 27.5 Å². The van der Waals surface area contributed by atoms with Crippen LogP contribution in [0.1, 0.15) is 0 Å². The van der Waals surface area contributed by atoms with Crippen molar-refractivity contribution in [3.63, 3.8) is 0 Å². The van der Waals surface area contributed by atoms with Gasteiger partial charge in [-0.3, -0.25) is 0 Å². The number of carbonyl (C=O) groups excluding carboxylic acids is 1. The SMILES string of the molecule is [CH2]OB(OC)[O+]=C. The molecule has 0 aromatic carbocycles. The van der Waals surface area contributed by atoms with Crippen molar-refractivity contribution in [3.05, 3.63) is 7.11 Å². The van der Waals surface area contributed by atoms with Gasteiger partial charge in [0.05, 0.1) is 7.11 Å². The molecule has 0 atom stereocenters. The highest BCUT2D eigenvalue weighted by Crippen LogP contribution is 1.77. The maximum absolute atomic E-state index is 4.48. The normalized spacial score (nSPS) is 8.29. The van der Waals surface area contributed by atoms with Crippen molar-refractivity contribution in [2.75, 3.05) is 7.11 Å². The lowest BCUT2D eigenvalue weighted by Gasteiger charge is -1.82. The molecule has 0 unspecified atom stereocenters. The average molecular weight is 102 g/mol. The van der Waals surface area contributed by atoms with Crippen molar-refractivity contribution in [2.24, 2.45) is 0 Å². The van der Waals surface area contributed by atoms with Gasteiger partial charge in [0.1, 0.15) is 0 Å².